The number of hydrogen-bond acceptors (Lipinski definition) is 6. The molecule has 1 fully saturated rings. The standard InChI is InChI=1S/C24H27ClF3N3O6S/c1-2-38(35,36)21-8-7-18(25)10-17(21)12-29-22(32)15-5-6-16(20(11-15)37-24(26,27)28)13-31-9-3-4-19(14-31)30-23(33)34/h5-8,10-11,19,30H,2-4,9,12-14H2,1H3,(H,29,32)(H,33,34)/t19-/m1/s1. The maximum Gasteiger partial charge on any atom is 0.573 e. The Hall–Kier alpha value is -3.03. The molecular formula is C24H27ClF3N3O6S. The monoisotopic (exact) mass is 577 g/mol. The Morgan fingerprint density at radius 3 is 2.58 bits per heavy atom. The highest BCUT2D eigenvalue weighted by atomic mass is 35.5. The van der Waals surface area contributed by atoms with Crippen molar-refractivity contribution in [2.24, 2.45) is 0 Å². The second-order valence-electron chi connectivity index (χ2n) is 8.73. The summed E-state index contributed by atoms with van der Waals surface area (Å²) in [6.07, 6.45) is -4.92. The number of rotatable bonds is 9. The van der Waals surface area contributed by atoms with E-state index in [9.17, 15) is 31.2 Å². The number of alkyl halides is 3. The minimum atomic E-state index is -5.01. The van der Waals surface area contributed by atoms with Gasteiger partial charge in [-0.15, -0.1) is 13.2 Å². The number of amides is 2. The summed E-state index contributed by atoms with van der Waals surface area (Å²) in [5.41, 5.74) is 0.283. The number of nitrogens with zero attached hydrogens (tertiary/aromatic N) is 1. The van der Waals surface area contributed by atoms with E-state index in [2.05, 4.69) is 15.4 Å². The third-order valence-electron chi connectivity index (χ3n) is 5.96. The lowest BCUT2D eigenvalue weighted by molar-refractivity contribution is -0.275. The highest BCUT2D eigenvalue weighted by Gasteiger charge is 2.33. The summed E-state index contributed by atoms with van der Waals surface area (Å²) >= 11 is 5.99. The lowest BCUT2D eigenvalue weighted by Gasteiger charge is -2.33. The topological polar surface area (TPSA) is 125 Å². The van der Waals surface area contributed by atoms with Gasteiger partial charge in [-0.1, -0.05) is 24.6 Å². The van der Waals surface area contributed by atoms with Gasteiger partial charge in [-0.25, -0.2) is 13.2 Å². The van der Waals surface area contributed by atoms with Gasteiger partial charge in [0.15, 0.2) is 9.84 Å². The predicted molar refractivity (Wildman–Crippen MR) is 133 cm³/mol. The van der Waals surface area contributed by atoms with Crippen molar-refractivity contribution < 1.29 is 41.0 Å². The number of likely N-dealkylation sites (tertiary alicyclic amines) is 1. The maximum absolute atomic E-state index is 13.2. The molecule has 0 spiro atoms. The molecule has 1 aliphatic heterocycles. The molecule has 0 radical (unpaired) electrons. The molecule has 0 aliphatic carbocycles. The largest absolute Gasteiger partial charge is 0.573 e. The van der Waals surface area contributed by atoms with Gasteiger partial charge in [0.1, 0.15) is 5.75 Å². The van der Waals surface area contributed by atoms with E-state index in [-0.39, 0.29) is 51.5 Å². The summed E-state index contributed by atoms with van der Waals surface area (Å²) in [7, 11) is -3.61. The van der Waals surface area contributed by atoms with Crippen molar-refractivity contribution in [2.75, 3.05) is 18.8 Å². The summed E-state index contributed by atoms with van der Waals surface area (Å²) in [6.45, 7) is 2.16. The Balaban J connectivity index is 1.79. The number of nitrogens with one attached hydrogen (secondary N) is 2. The highest BCUT2D eigenvalue weighted by Crippen LogP contribution is 2.30. The summed E-state index contributed by atoms with van der Waals surface area (Å²) in [5, 5.41) is 14.1. The molecule has 1 aliphatic rings. The second-order valence-corrected chi connectivity index (χ2v) is 11.4. The number of sulfone groups is 1. The van der Waals surface area contributed by atoms with Gasteiger partial charge in [0, 0.05) is 41.8 Å². The van der Waals surface area contributed by atoms with E-state index in [1.54, 1.807) is 4.90 Å². The lowest BCUT2D eigenvalue weighted by Crippen LogP contribution is -2.47. The molecule has 3 rings (SSSR count). The molecule has 3 N–H and O–H groups in total. The smallest absolute Gasteiger partial charge is 0.465 e. The number of hydrogen-bond donors (Lipinski definition) is 3. The van der Waals surface area contributed by atoms with E-state index in [4.69, 9.17) is 16.7 Å². The molecule has 0 saturated carbocycles. The zero-order valence-corrected chi connectivity index (χ0v) is 21.9. The quantitative estimate of drug-likeness (QED) is 0.408. The average Bonchev–Trinajstić information content (AvgIpc) is 2.82. The molecule has 2 aromatic carbocycles. The van der Waals surface area contributed by atoms with Crippen LogP contribution < -0.4 is 15.4 Å². The van der Waals surface area contributed by atoms with Crippen LogP contribution in [0.25, 0.3) is 0 Å². The number of halogens is 4. The molecule has 0 bridgehead atoms. The van der Waals surface area contributed by atoms with Gasteiger partial charge < -0.3 is 20.5 Å². The van der Waals surface area contributed by atoms with Crippen molar-refractivity contribution in [3.05, 3.63) is 58.1 Å². The fraction of sp³-hybridized carbons (Fsp3) is 0.417. The minimum Gasteiger partial charge on any atom is -0.465 e. The SMILES string of the molecule is CCS(=O)(=O)c1ccc(Cl)cc1CNC(=O)c1ccc(CN2CCC[C@@H](NC(=O)O)C2)c(OC(F)(F)F)c1. The number of ether oxygens (including phenoxy) is 1. The minimum absolute atomic E-state index is 0.00151. The fourth-order valence-electron chi connectivity index (χ4n) is 4.20. The number of carboxylic acid groups (broad SMARTS) is 1. The molecule has 0 aromatic heterocycles. The molecule has 1 heterocycles. The molecule has 0 unspecified atom stereocenters. The van der Waals surface area contributed by atoms with Crippen LogP contribution in [0.3, 0.4) is 0 Å². The summed E-state index contributed by atoms with van der Waals surface area (Å²) in [4.78, 5) is 25.5. The molecule has 2 amide bonds. The molecule has 1 atom stereocenters. The second kappa shape index (κ2) is 12.2. The number of carbonyl (C=O) groups is 2. The van der Waals surface area contributed by atoms with Crippen LogP contribution in [-0.2, 0) is 22.9 Å². The summed E-state index contributed by atoms with van der Waals surface area (Å²) in [6, 6.07) is 7.45. The number of piperidine rings is 1. The molecule has 2 aromatic rings. The van der Waals surface area contributed by atoms with Crippen molar-refractivity contribution in [1.29, 1.82) is 0 Å². The fourth-order valence-corrected chi connectivity index (χ4v) is 5.51. The molecule has 9 nitrogen and oxygen atoms in total. The Bertz CT molecular complexity index is 1290. The zero-order valence-electron chi connectivity index (χ0n) is 20.3. The van der Waals surface area contributed by atoms with Gasteiger partial charge in [0.05, 0.1) is 10.6 Å². The van der Waals surface area contributed by atoms with Crippen molar-refractivity contribution in [1.82, 2.24) is 15.5 Å². The van der Waals surface area contributed by atoms with Crippen LogP contribution in [-0.4, -0.2) is 61.7 Å². The maximum atomic E-state index is 13.2. The van der Waals surface area contributed by atoms with Crippen molar-refractivity contribution >= 4 is 33.4 Å². The van der Waals surface area contributed by atoms with E-state index >= 15 is 0 Å². The first-order valence-electron chi connectivity index (χ1n) is 11.7. The van der Waals surface area contributed by atoms with Gasteiger partial charge >= 0.3 is 12.5 Å². The summed E-state index contributed by atoms with van der Waals surface area (Å²) < 4.78 is 68.4. The first kappa shape index (κ1) is 29.5. The zero-order chi connectivity index (χ0) is 28.1. The Morgan fingerprint density at radius 1 is 1.18 bits per heavy atom. The van der Waals surface area contributed by atoms with Crippen LogP contribution in [0.4, 0.5) is 18.0 Å². The van der Waals surface area contributed by atoms with Gasteiger partial charge in [0.25, 0.3) is 5.91 Å². The number of carbonyl (C=O) groups excluding carboxylic acids is 1. The van der Waals surface area contributed by atoms with Crippen LogP contribution in [0.5, 0.6) is 5.75 Å². The Labute approximate surface area is 222 Å². The first-order valence-corrected chi connectivity index (χ1v) is 13.7. The van der Waals surface area contributed by atoms with Gasteiger partial charge in [-0.05, 0) is 55.3 Å². The van der Waals surface area contributed by atoms with Gasteiger partial charge in [0.2, 0.25) is 0 Å². The molecule has 14 heteroatoms. The van der Waals surface area contributed by atoms with Crippen LogP contribution in [0.2, 0.25) is 5.02 Å². The number of benzene rings is 2. The average molecular weight is 578 g/mol. The normalized spacial score (nSPS) is 16.6. The van der Waals surface area contributed by atoms with E-state index in [0.717, 1.165) is 6.07 Å². The molecule has 38 heavy (non-hydrogen) atoms. The molecule has 208 valence electrons. The summed E-state index contributed by atoms with van der Waals surface area (Å²) in [5.74, 6) is -1.47. The van der Waals surface area contributed by atoms with Crippen LogP contribution in [0, 0.1) is 0 Å². The lowest BCUT2D eigenvalue weighted by atomic mass is 10.0. The van der Waals surface area contributed by atoms with Crippen molar-refractivity contribution in [2.45, 2.75) is 50.2 Å². The van der Waals surface area contributed by atoms with Gasteiger partial charge in [-0.3, -0.25) is 9.69 Å². The van der Waals surface area contributed by atoms with Crippen LogP contribution >= 0.6 is 11.6 Å². The van der Waals surface area contributed by atoms with E-state index in [0.29, 0.717) is 25.9 Å². The Kier molecular flexibility index (Phi) is 9.49. The van der Waals surface area contributed by atoms with Crippen molar-refractivity contribution in [3.63, 3.8) is 0 Å². The molecule has 1 saturated heterocycles. The van der Waals surface area contributed by atoms with E-state index < -0.39 is 33.9 Å². The third-order valence-corrected chi connectivity index (χ3v) is 8.02. The predicted octanol–water partition coefficient (Wildman–Crippen LogP) is 4.19. The first-order chi connectivity index (χ1) is 17.8. The van der Waals surface area contributed by atoms with Crippen LogP contribution in [0.15, 0.2) is 41.3 Å². The Morgan fingerprint density at radius 2 is 1.92 bits per heavy atom. The van der Waals surface area contributed by atoms with E-state index in [1.807, 2.05) is 0 Å². The highest BCUT2D eigenvalue weighted by molar-refractivity contribution is 7.91. The molecular weight excluding hydrogens is 551 g/mol. The third kappa shape index (κ3) is 8.23. The van der Waals surface area contributed by atoms with Crippen molar-refractivity contribution in [3.8, 4) is 5.75 Å². The van der Waals surface area contributed by atoms with Gasteiger partial charge in [-0.2, -0.15) is 0 Å². The van der Waals surface area contributed by atoms with Crippen LogP contribution in [0.1, 0.15) is 41.3 Å². The van der Waals surface area contributed by atoms with E-state index in [1.165, 1.54) is 37.3 Å².